The zero-order valence-electron chi connectivity index (χ0n) is 12.4. The highest BCUT2D eigenvalue weighted by Gasteiger charge is 2.21. The van der Waals surface area contributed by atoms with Gasteiger partial charge >= 0.3 is 0 Å². The van der Waals surface area contributed by atoms with E-state index in [1.165, 1.54) is 5.56 Å². The van der Waals surface area contributed by atoms with Crippen molar-refractivity contribution < 1.29 is 0 Å². The molecule has 3 heterocycles. The van der Waals surface area contributed by atoms with Gasteiger partial charge in [0.15, 0.2) is 0 Å². The lowest BCUT2D eigenvalue weighted by Crippen LogP contribution is -2.13. The van der Waals surface area contributed by atoms with Crippen LogP contribution in [0, 0.1) is 18.3 Å². The van der Waals surface area contributed by atoms with E-state index >= 15 is 0 Å². The molecule has 112 valence electrons. The molecule has 1 aliphatic heterocycles. The van der Waals surface area contributed by atoms with Gasteiger partial charge in [-0.3, -0.25) is 9.55 Å². The van der Waals surface area contributed by atoms with E-state index in [9.17, 15) is 0 Å². The molecule has 0 aliphatic carbocycles. The third-order valence-corrected chi connectivity index (χ3v) is 4.41. The van der Waals surface area contributed by atoms with Gasteiger partial charge in [0.1, 0.15) is 17.7 Å². The smallest absolute Gasteiger partial charge is 0.137 e. The number of fused-ring (bicyclic) bond motifs is 3. The molecule has 1 aliphatic rings. The van der Waals surface area contributed by atoms with Crippen LogP contribution in [0.4, 0.5) is 0 Å². The highest BCUT2D eigenvalue weighted by molar-refractivity contribution is 6.33. The van der Waals surface area contributed by atoms with Crippen LogP contribution in [0.25, 0.3) is 16.8 Å². The Kier molecular flexibility index (Phi) is 3.14. The molecule has 0 atom stereocenters. The highest BCUT2D eigenvalue weighted by atomic mass is 35.5. The van der Waals surface area contributed by atoms with Gasteiger partial charge in [0, 0.05) is 29.9 Å². The molecule has 1 aromatic carbocycles. The van der Waals surface area contributed by atoms with Crippen LogP contribution in [-0.4, -0.2) is 19.7 Å². The van der Waals surface area contributed by atoms with Crippen molar-refractivity contribution in [2.24, 2.45) is 0 Å². The second-order valence-corrected chi connectivity index (χ2v) is 5.94. The number of hydrogen-bond donors (Lipinski definition) is 0. The first-order chi connectivity index (χ1) is 11.2. The van der Waals surface area contributed by atoms with E-state index in [0.29, 0.717) is 10.6 Å². The second-order valence-electron chi connectivity index (χ2n) is 5.53. The van der Waals surface area contributed by atoms with Crippen molar-refractivity contribution in [2.45, 2.75) is 19.8 Å². The molecular formula is C17H12ClN5. The predicted octanol–water partition coefficient (Wildman–Crippen LogP) is 3.26. The summed E-state index contributed by atoms with van der Waals surface area (Å²) in [7, 11) is 0. The average Bonchev–Trinajstić information content (AvgIpc) is 2.96. The van der Waals surface area contributed by atoms with E-state index in [0.717, 1.165) is 41.3 Å². The Bertz CT molecular complexity index is 968. The highest BCUT2D eigenvalue weighted by Crippen LogP contribution is 2.35. The molecule has 2 aromatic heterocycles. The van der Waals surface area contributed by atoms with Crippen molar-refractivity contribution >= 4 is 11.6 Å². The van der Waals surface area contributed by atoms with E-state index in [4.69, 9.17) is 16.9 Å². The van der Waals surface area contributed by atoms with Gasteiger partial charge in [-0.15, -0.1) is 10.2 Å². The minimum absolute atomic E-state index is 0.522. The van der Waals surface area contributed by atoms with Crippen LogP contribution >= 0.6 is 11.6 Å². The first kappa shape index (κ1) is 13.9. The molecule has 0 amide bonds. The van der Waals surface area contributed by atoms with Crippen molar-refractivity contribution in [1.82, 2.24) is 19.7 Å². The summed E-state index contributed by atoms with van der Waals surface area (Å²) >= 11 is 6.51. The van der Waals surface area contributed by atoms with Gasteiger partial charge in [-0.1, -0.05) is 11.6 Å². The summed E-state index contributed by atoms with van der Waals surface area (Å²) in [5.41, 5.74) is 4.50. The molecule has 4 rings (SSSR count). The zero-order valence-corrected chi connectivity index (χ0v) is 13.2. The maximum atomic E-state index is 9.05. The van der Waals surface area contributed by atoms with Crippen LogP contribution in [0.2, 0.25) is 5.02 Å². The number of aromatic nitrogens is 4. The molecule has 0 spiro atoms. The first-order valence-corrected chi connectivity index (χ1v) is 7.64. The Morgan fingerprint density at radius 2 is 2.04 bits per heavy atom. The van der Waals surface area contributed by atoms with Gasteiger partial charge in [-0.25, -0.2) is 0 Å². The van der Waals surface area contributed by atoms with E-state index in [1.807, 2.05) is 13.0 Å². The summed E-state index contributed by atoms with van der Waals surface area (Å²) < 4.78 is 2.05. The van der Waals surface area contributed by atoms with Crippen molar-refractivity contribution in [2.75, 3.05) is 0 Å². The summed E-state index contributed by atoms with van der Waals surface area (Å²) in [5.74, 6) is 1.82. The molecule has 0 unspecified atom stereocenters. The molecule has 0 saturated heterocycles. The number of pyridine rings is 1. The minimum Gasteiger partial charge on any atom is -0.283 e. The van der Waals surface area contributed by atoms with E-state index in [1.54, 1.807) is 18.5 Å². The molecule has 3 aromatic rings. The Morgan fingerprint density at radius 1 is 1.17 bits per heavy atom. The van der Waals surface area contributed by atoms with Crippen LogP contribution in [0.3, 0.4) is 0 Å². The Hall–Kier alpha value is -2.71. The number of nitriles is 1. The van der Waals surface area contributed by atoms with Crippen molar-refractivity contribution in [3.63, 3.8) is 0 Å². The van der Waals surface area contributed by atoms with Crippen LogP contribution in [0.1, 0.15) is 22.8 Å². The van der Waals surface area contributed by atoms with Crippen molar-refractivity contribution in [3.05, 3.63) is 58.4 Å². The quantitative estimate of drug-likeness (QED) is 0.690. The van der Waals surface area contributed by atoms with Gasteiger partial charge in [-0.05, 0) is 37.1 Å². The molecular weight excluding hydrogens is 310 g/mol. The number of benzene rings is 1. The SMILES string of the molecule is Cc1nnc2n1-c1cc(Cl)c(-c3cncc(C#N)c3)cc1CC2. The fourth-order valence-electron chi connectivity index (χ4n) is 3.01. The number of halogens is 1. The molecule has 0 N–H and O–H groups in total. The molecule has 5 nitrogen and oxygen atoms in total. The van der Waals surface area contributed by atoms with Gasteiger partial charge in [0.05, 0.1) is 16.3 Å². The molecule has 0 bridgehead atoms. The maximum Gasteiger partial charge on any atom is 0.137 e. The summed E-state index contributed by atoms with van der Waals surface area (Å²) in [5, 5.41) is 18.0. The van der Waals surface area contributed by atoms with E-state index < -0.39 is 0 Å². The normalized spacial score (nSPS) is 12.4. The Balaban J connectivity index is 1.90. The Morgan fingerprint density at radius 3 is 2.87 bits per heavy atom. The van der Waals surface area contributed by atoms with Gasteiger partial charge in [-0.2, -0.15) is 5.26 Å². The number of rotatable bonds is 1. The zero-order chi connectivity index (χ0) is 16.0. The lowest BCUT2D eigenvalue weighted by molar-refractivity contribution is 0.767. The average molecular weight is 322 g/mol. The van der Waals surface area contributed by atoms with Crippen molar-refractivity contribution in [3.8, 4) is 22.9 Å². The fraction of sp³-hybridized carbons (Fsp3) is 0.176. The second kappa shape index (κ2) is 5.18. The predicted molar refractivity (Wildman–Crippen MR) is 86.5 cm³/mol. The van der Waals surface area contributed by atoms with Gasteiger partial charge in [0.25, 0.3) is 0 Å². The number of aryl methyl sites for hydroxylation is 3. The fourth-order valence-corrected chi connectivity index (χ4v) is 3.28. The number of hydrogen-bond acceptors (Lipinski definition) is 4. The lowest BCUT2D eigenvalue weighted by Gasteiger charge is -2.20. The van der Waals surface area contributed by atoms with Crippen LogP contribution in [0.15, 0.2) is 30.6 Å². The van der Waals surface area contributed by atoms with Gasteiger partial charge < -0.3 is 0 Å². The summed E-state index contributed by atoms with van der Waals surface area (Å²) in [6, 6.07) is 7.94. The molecule has 0 radical (unpaired) electrons. The third kappa shape index (κ3) is 2.19. The largest absolute Gasteiger partial charge is 0.283 e. The van der Waals surface area contributed by atoms with Crippen LogP contribution < -0.4 is 0 Å². The van der Waals surface area contributed by atoms with E-state index in [-0.39, 0.29) is 0 Å². The monoisotopic (exact) mass is 321 g/mol. The summed E-state index contributed by atoms with van der Waals surface area (Å²) in [4.78, 5) is 4.12. The maximum absolute atomic E-state index is 9.05. The first-order valence-electron chi connectivity index (χ1n) is 7.26. The lowest BCUT2D eigenvalue weighted by atomic mass is 9.97. The van der Waals surface area contributed by atoms with Crippen LogP contribution in [-0.2, 0) is 12.8 Å². The minimum atomic E-state index is 0.522. The molecule has 0 fully saturated rings. The summed E-state index contributed by atoms with van der Waals surface area (Å²) in [6.45, 7) is 1.94. The van der Waals surface area contributed by atoms with Crippen LogP contribution in [0.5, 0.6) is 0 Å². The van der Waals surface area contributed by atoms with E-state index in [2.05, 4.69) is 31.9 Å². The third-order valence-electron chi connectivity index (χ3n) is 4.10. The van der Waals surface area contributed by atoms with Gasteiger partial charge in [0.2, 0.25) is 0 Å². The summed E-state index contributed by atoms with van der Waals surface area (Å²) in [6.07, 6.45) is 5.02. The molecule has 6 heteroatoms. The molecule has 23 heavy (non-hydrogen) atoms. The Labute approximate surface area is 138 Å². The standard InChI is InChI=1S/C17H12ClN5/c1-10-21-22-17-3-2-12-5-14(15(18)6-16(12)23(10)17)13-4-11(7-19)8-20-9-13/h4-6,8-9H,2-3H2,1H3. The topological polar surface area (TPSA) is 67.4 Å². The number of nitrogens with zero attached hydrogens (tertiary/aromatic N) is 5. The van der Waals surface area contributed by atoms with Crippen molar-refractivity contribution in [1.29, 1.82) is 5.26 Å². The molecule has 0 saturated carbocycles.